The van der Waals surface area contributed by atoms with Crippen LogP contribution in [0.25, 0.3) is 22.3 Å². The molecule has 2 heterocycles. The predicted molar refractivity (Wildman–Crippen MR) is 119 cm³/mol. The molecule has 4 rings (SSSR count). The molecule has 0 spiro atoms. The standard InChI is InChI=1S/C22H18ClF4N5O2/c1-2-32(16-7-6-12(10-13(16)23)22(25,26)27)21-29-15-11-28-31-19(15)20(30-21)18-14(24)4-3-5-17(18)34-9-8-33/h3-7,10-11,33H,2,8-9H2,1H3,(H,28,31). The van der Waals surface area contributed by atoms with Crippen LogP contribution < -0.4 is 9.64 Å². The van der Waals surface area contributed by atoms with Crippen molar-refractivity contribution in [1.29, 1.82) is 0 Å². The first kappa shape index (κ1) is 23.7. The zero-order chi connectivity index (χ0) is 24.5. The summed E-state index contributed by atoms with van der Waals surface area (Å²) < 4.78 is 59.7. The minimum Gasteiger partial charge on any atom is -0.490 e. The number of halogens is 5. The number of rotatable bonds is 7. The number of aromatic amines is 1. The molecule has 0 aliphatic rings. The monoisotopic (exact) mass is 495 g/mol. The van der Waals surface area contributed by atoms with Gasteiger partial charge in [0.1, 0.15) is 34.9 Å². The molecule has 2 aromatic heterocycles. The third-order valence-electron chi connectivity index (χ3n) is 4.97. The summed E-state index contributed by atoms with van der Waals surface area (Å²) in [7, 11) is 0. The van der Waals surface area contributed by atoms with Crippen molar-refractivity contribution in [2.45, 2.75) is 13.1 Å². The molecule has 178 valence electrons. The van der Waals surface area contributed by atoms with E-state index in [4.69, 9.17) is 21.4 Å². The van der Waals surface area contributed by atoms with Crippen LogP contribution in [0.15, 0.2) is 42.6 Å². The van der Waals surface area contributed by atoms with E-state index >= 15 is 0 Å². The van der Waals surface area contributed by atoms with Gasteiger partial charge in [0, 0.05) is 6.54 Å². The van der Waals surface area contributed by atoms with Gasteiger partial charge in [-0.05, 0) is 37.3 Å². The Morgan fingerprint density at radius 1 is 1.18 bits per heavy atom. The second-order valence-electron chi connectivity index (χ2n) is 7.10. The second kappa shape index (κ2) is 9.43. The third kappa shape index (κ3) is 4.48. The van der Waals surface area contributed by atoms with E-state index in [-0.39, 0.29) is 53.4 Å². The number of aliphatic hydroxyl groups excluding tert-OH is 1. The highest BCUT2D eigenvalue weighted by Gasteiger charge is 2.31. The number of alkyl halides is 3. The maximum absolute atomic E-state index is 15.0. The number of nitrogens with zero attached hydrogens (tertiary/aromatic N) is 4. The zero-order valence-corrected chi connectivity index (χ0v) is 18.5. The number of aliphatic hydroxyl groups is 1. The molecule has 0 saturated carbocycles. The van der Waals surface area contributed by atoms with Crippen molar-refractivity contribution >= 4 is 34.3 Å². The minimum atomic E-state index is -4.55. The Morgan fingerprint density at radius 2 is 1.97 bits per heavy atom. The number of nitrogens with one attached hydrogen (secondary N) is 1. The maximum atomic E-state index is 15.0. The Labute approximate surface area is 196 Å². The molecule has 12 heteroatoms. The molecule has 2 aromatic carbocycles. The normalized spacial score (nSPS) is 11.7. The van der Waals surface area contributed by atoms with Gasteiger partial charge in [-0.25, -0.2) is 14.4 Å². The van der Waals surface area contributed by atoms with Gasteiger partial charge in [-0.3, -0.25) is 5.10 Å². The molecular formula is C22H18ClF4N5O2. The van der Waals surface area contributed by atoms with Crippen molar-refractivity contribution in [3.63, 3.8) is 0 Å². The van der Waals surface area contributed by atoms with E-state index in [2.05, 4.69) is 20.2 Å². The van der Waals surface area contributed by atoms with Crippen molar-refractivity contribution in [2.24, 2.45) is 0 Å². The summed E-state index contributed by atoms with van der Waals surface area (Å²) >= 11 is 6.20. The van der Waals surface area contributed by atoms with Crippen LogP contribution in [0.3, 0.4) is 0 Å². The molecule has 0 amide bonds. The first-order valence-electron chi connectivity index (χ1n) is 10.1. The van der Waals surface area contributed by atoms with Crippen LogP contribution in [0.1, 0.15) is 12.5 Å². The lowest BCUT2D eigenvalue weighted by molar-refractivity contribution is -0.137. The molecule has 0 radical (unpaired) electrons. The lowest BCUT2D eigenvalue weighted by Crippen LogP contribution is -2.20. The van der Waals surface area contributed by atoms with Crippen LogP contribution >= 0.6 is 11.6 Å². The predicted octanol–water partition coefficient (Wildman–Crippen LogP) is 5.36. The topological polar surface area (TPSA) is 87.2 Å². The second-order valence-corrected chi connectivity index (χ2v) is 7.50. The molecule has 4 aromatic rings. The van der Waals surface area contributed by atoms with Gasteiger partial charge < -0.3 is 14.7 Å². The molecule has 2 N–H and O–H groups in total. The molecule has 0 bridgehead atoms. The smallest absolute Gasteiger partial charge is 0.416 e. The highest BCUT2D eigenvalue weighted by atomic mass is 35.5. The van der Waals surface area contributed by atoms with Crippen LogP contribution in [0.4, 0.5) is 29.2 Å². The highest BCUT2D eigenvalue weighted by Crippen LogP contribution is 2.39. The van der Waals surface area contributed by atoms with E-state index in [1.807, 2.05) is 0 Å². The Hall–Kier alpha value is -3.44. The van der Waals surface area contributed by atoms with Crippen molar-refractivity contribution in [3.05, 3.63) is 59.0 Å². The van der Waals surface area contributed by atoms with Gasteiger partial charge >= 0.3 is 6.18 Å². The highest BCUT2D eigenvalue weighted by molar-refractivity contribution is 6.33. The third-order valence-corrected chi connectivity index (χ3v) is 5.28. The van der Waals surface area contributed by atoms with Crippen LogP contribution in [0.2, 0.25) is 5.02 Å². The van der Waals surface area contributed by atoms with Crippen LogP contribution in [0.5, 0.6) is 5.75 Å². The van der Waals surface area contributed by atoms with Crippen LogP contribution in [-0.2, 0) is 6.18 Å². The van der Waals surface area contributed by atoms with Crippen molar-refractivity contribution in [3.8, 4) is 17.0 Å². The first-order valence-corrected chi connectivity index (χ1v) is 10.5. The lowest BCUT2D eigenvalue weighted by atomic mass is 10.1. The van der Waals surface area contributed by atoms with Crippen molar-refractivity contribution < 1.29 is 27.4 Å². The van der Waals surface area contributed by atoms with Gasteiger partial charge in [-0.1, -0.05) is 17.7 Å². The molecule has 0 aliphatic heterocycles. The summed E-state index contributed by atoms with van der Waals surface area (Å²) in [4.78, 5) is 10.5. The molecule has 0 fully saturated rings. The first-order chi connectivity index (χ1) is 16.2. The zero-order valence-electron chi connectivity index (χ0n) is 17.7. The Bertz CT molecular complexity index is 1330. The number of aromatic nitrogens is 4. The van der Waals surface area contributed by atoms with E-state index in [9.17, 15) is 17.6 Å². The van der Waals surface area contributed by atoms with E-state index in [1.54, 1.807) is 6.92 Å². The van der Waals surface area contributed by atoms with Gasteiger partial charge in [-0.15, -0.1) is 0 Å². The van der Waals surface area contributed by atoms with Gasteiger partial charge in [0.25, 0.3) is 0 Å². The Morgan fingerprint density at radius 3 is 2.65 bits per heavy atom. The fourth-order valence-electron chi connectivity index (χ4n) is 3.46. The molecule has 0 saturated heterocycles. The number of hydrogen-bond acceptors (Lipinski definition) is 6. The summed E-state index contributed by atoms with van der Waals surface area (Å²) in [5, 5.41) is 15.7. The van der Waals surface area contributed by atoms with E-state index in [0.29, 0.717) is 11.0 Å². The number of H-pyrrole nitrogens is 1. The summed E-state index contributed by atoms with van der Waals surface area (Å²) in [6, 6.07) is 7.19. The van der Waals surface area contributed by atoms with Crippen molar-refractivity contribution in [2.75, 3.05) is 24.7 Å². The fraction of sp³-hybridized carbons (Fsp3) is 0.227. The van der Waals surface area contributed by atoms with Gasteiger partial charge in [-0.2, -0.15) is 18.3 Å². The SMILES string of the molecule is CCN(c1nc(-c2c(F)cccc2OCCO)c2[nH]ncc2n1)c1ccc(C(F)(F)F)cc1Cl. The number of hydrogen-bond donors (Lipinski definition) is 2. The average Bonchev–Trinajstić information content (AvgIpc) is 3.27. The number of anilines is 2. The minimum absolute atomic E-state index is 0.0171. The Kier molecular flexibility index (Phi) is 6.58. The van der Waals surface area contributed by atoms with E-state index in [0.717, 1.165) is 12.1 Å². The molecular weight excluding hydrogens is 478 g/mol. The summed E-state index contributed by atoms with van der Waals surface area (Å²) in [5.41, 5.74) is 0.182. The fourth-order valence-corrected chi connectivity index (χ4v) is 3.74. The van der Waals surface area contributed by atoms with Gasteiger partial charge in [0.2, 0.25) is 5.95 Å². The Balaban J connectivity index is 1.88. The number of ether oxygens (including phenoxy) is 1. The van der Waals surface area contributed by atoms with Crippen LogP contribution in [0, 0.1) is 5.82 Å². The van der Waals surface area contributed by atoms with E-state index in [1.165, 1.54) is 35.4 Å². The average molecular weight is 496 g/mol. The lowest BCUT2D eigenvalue weighted by Gasteiger charge is -2.23. The van der Waals surface area contributed by atoms with Crippen LogP contribution in [-0.4, -0.2) is 45.0 Å². The van der Waals surface area contributed by atoms with E-state index < -0.39 is 17.6 Å². The molecule has 34 heavy (non-hydrogen) atoms. The summed E-state index contributed by atoms with van der Waals surface area (Å²) in [6.45, 7) is 1.65. The molecule has 7 nitrogen and oxygen atoms in total. The quantitative estimate of drug-likeness (QED) is 0.336. The number of benzene rings is 2. The van der Waals surface area contributed by atoms with Gasteiger partial charge in [0.15, 0.2) is 0 Å². The molecule has 0 aliphatic carbocycles. The summed E-state index contributed by atoms with van der Waals surface area (Å²) in [6.07, 6.45) is -3.13. The van der Waals surface area contributed by atoms with Gasteiger partial charge in [0.05, 0.1) is 34.6 Å². The summed E-state index contributed by atoms with van der Waals surface area (Å²) in [5.74, 6) is -0.416. The largest absolute Gasteiger partial charge is 0.490 e. The number of fused-ring (bicyclic) bond motifs is 1. The molecule has 0 unspecified atom stereocenters. The maximum Gasteiger partial charge on any atom is 0.416 e. The molecule has 0 atom stereocenters. The van der Waals surface area contributed by atoms with Crippen molar-refractivity contribution in [1.82, 2.24) is 20.2 Å².